The molecule has 0 unspecified atom stereocenters. The summed E-state index contributed by atoms with van der Waals surface area (Å²) in [6, 6.07) is 4.99. The summed E-state index contributed by atoms with van der Waals surface area (Å²) < 4.78 is 5.06. The van der Waals surface area contributed by atoms with Crippen LogP contribution in [0.3, 0.4) is 0 Å². The third-order valence-electron chi connectivity index (χ3n) is 3.02. The predicted octanol–water partition coefficient (Wildman–Crippen LogP) is 2.02. The van der Waals surface area contributed by atoms with E-state index in [4.69, 9.17) is 10.5 Å². The minimum atomic E-state index is -0.131. The van der Waals surface area contributed by atoms with Crippen molar-refractivity contribution in [3.8, 4) is 11.5 Å². The van der Waals surface area contributed by atoms with Gasteiger partial charge in [0.1, 0.15) is 4.88 Å². The molecular weight excluding hydrogens is 290 g/mol. The Labute approximate surface area is 126 Å². The van der Waals surface area contributed by atoms with Gasteiger partial charge in [-0.2, -0.15) is 0 Å². The van der Waals surface area contributed by atoms with Crippen LogP contribution in [0.1, 0.15) is 20.9 Å². The van der Waals surface area contributed by atoms with Crippen molar-refractivity contribution in [2.75, 3.05) is 19.9 Å². The number of nitrogens with zero attached hydrogens (tertiary/aromatic N) is 2. The number of thiazole rings is 1. The fraction of sp³-hybridized carbons (Fsp3) is 0.286. The lowest BCUT2D eigenvalue weighted by Crippen LogP contribution is -2.26. The molecule has 2 aromatic rings. The monoisotopic (exact) mass is 307 g/mol. The van der Waals surface area contributed by atoms with Gasteiger partial charge in [0.15, 0.2) is 16.6 Å². The maximum atomic E-state index is 12.4. The van der Waals surface area contributed by atoms with E-state index in [-0.39, 0.29) is 11.7 Å². The Morgan fingerprint density at radius 1 is 1.52 bits per heavy atom. The molecule has 7 heteroatoms. The van der Waals surface area contributed by atoms with Gasteiger partial charge in [0.25, 0.3) is 5.91 Å². The minimum Gasteiger partial charge on any atom is -0.504 e. The lowest BCUT2D eigenvalue weighted by Gasteiger charge is -2.17. The molecule has 0 aliphatic carbocycles. The van der Waals surface area contributed by atoms with Crippen LogP contribution in [-0.4, -0.2) is 35.1 Å². The zero-order valence-electron chi connectivity index (χ0n) is 12.1. The number of ether oxygens (including phenoxy) is 1. The van der Waals surface area contributed by atoms with Crippen LogP contribution < -0.4 is 10.5 Å². The minimum absolute atomic E-state index is 0.0707. The number of nitrogen functional groups attached to an aromatic ring is 1. The van der Waals surface area contributed by atoms with E-state index in [0.29, 0.717) is 28.0 Å². The molecule has 0 spiro atoms. The van der Waals surface area contributed by atoms with Crippen molar-refractivity contribution in [1.82, 2.24) is 9.88 Å². The van der Waals surface area contributed by atoms with E-state index in [0.717, 1.165) is 5.56 Å². The van der Waals surface area contributed by atoms with Crippen molar-refractivity contribution in [2.24, 2.45) is 0 Å². The molecule has 0 saturated heterocycles. The van der Waals surface area contributed by atoms with Gasteiger partial charge in [-0.3, -0.25) is 4.79 Å². The number of amides is 1. The van der Waals surface area contributed by atoms with E-state index in [1.54, 1.807) is 37.1 Å². The fourth-order valence-electron chi connectivity index (χ4n) is 1.96. The summed E-state index contributed by atoms with van der Waals surface area (Å²) in [4.78, 5) is 18.5. The Bertz CT molecular complexity index is 669. The molecule has 2 rings (SSSR count). The molecular formula is C14H17N3O3S. The molecule has 6 nitrogen and oxygen atoms in total. The highest BCUT2D eigenvalue weighted by molar-refractivity contribution is 7.17. The van der Waals surface area contributed by atoms with E-state index >= 15 is 0 Å². The van der Waals surface area contributed by atoms with Crippen LogP contribution in [0.15, 0.2) is 18.2 Å². The molecule has 3 N–H and O–H groups in total. The maximum absolute atomic E-state index is 12.4. The van der Waals surface area contributed by atoms with Crippen molar-refractivity contribution in [3.05, 3.63) is 34.3 Å². The molecule has 21 heavy (non-hydrogen) atoms. The average Bonchev–Trinajstić information content (AvgIpc) is 2.78. The number of nitrogens with two attached hydrogens (primary N) is 1. The largest absolute Gasteiger partial charge is 0.504 e. The highest BCUT2D eigenvalue weighted by atomic mass is 32.1. The number of carbonyl (C=O) groups is 1. The summed E-state index contributed by atoms with van der Waals surface area (Å²) in [7, 11) is 3.19. The van der Waals surface area contributed by atoms with E-state index < -0.39 is 0 Å². The van der Waals surface area contributed by atoms with Crippen molar-refractivity contribution in [1.29, 1.82) is 0 Å². The van der Waals surface area contributed by atoms with Crippen molar-refractivity contribution >= 4 is 22.4 Å². The lowest BCUT2D eigenvalue weighted by molar-refractivity contribution is 0.0789. The second-order valence-corrected chi connectivity index (χ2v) is 5.66. The number of hydrogen-bond acceptors (Lipinski definition) is 6. The first kappa shape index (κ1) is 15.1. The molecule has 0 aliphatic rings. The lowest BCUT2D eigenvalue weighted by atomic mass is 10.2. The smallest absolute Gasteiger partial charge is 0.265 e. The quantitative estimate of drug-likeness (QED) is 0.902. The Kier molecular flexibility index (Phi) is 4.32. The molecule has 0 atom stereocenters. The number of aromatic hydroxyl groups is 1. The van der Waals surface area contributed by atoms with Crippen LogP contribution in [0.25, 0.3) is 0 Å². The first-order valence-electron chi connectivity index (χ1n) is 6.26. The molecule has 112 valence electrons. The van der Waals surface area contributed by atoms with Crippen LogP contribution >= 0.6 is 11.3 Å². The van der Waals surface area contributed by atoms with Gasteiger partial charge in [-0.15, -0.1) is 0 Å². The molecule has 0 fully saturated rings. The number of benzene rings is 1. The first-order valence-corrected chi connectivity index (χ1v) is 7.08. The van der Waals surface area contributed by atoms with Crippen LogP contribution in [0.5, 0.6) is 11.5 Å². The molecule has 0 radical (unpaired) electrons. The number of rotatable bonds is 4. The number of phenolic OH excluding ortho intramolecular Hbond substituents is 1. The Hall–Kier alpha value is -2.28. The molecule has 0 saturated carbocycles. The zero-order valence-corrected chi connectivity index (χ0v) is 12.9. The van der Waals surface area contributed by atoms with E-state index in [1.165, 1.54) is 18.4 Å². The van der Waals surface area contributed by atoms with Gasteiger partial charge in [-0.25, -0.2) is 4.98 Å². The molecule has 0 bridgehead atoms. The average molecular weight is 307 g/mol. The fourth-order valence-corrected chi connectivity index (χ4v) is 2.78. The second-order valence-electron chi connectivity index (χ2n) is 4.63. The molecule has 1 amide bonds. The highest BCUT2D eigenvalue weighted by Crippen LogP contribution is 2.27. The maximum Gasteiger partial charge on any atom is 0.265 e. The number of aromatic nitrogens is 1. The van der Waals surface area contributed by atoms with Gasteiger partial charge in [0.2, 0.25) is 0 Å². The first-order chi connectivity index (χ1) is 9.92. The highest BCUT2D eigenvalue weighted by Gasteiger charge is 2.18. The Morgan fingerprint density at radius 3 is 2.81 bits per heavy atom. The van der Waals surface area contributed by atoms with Crippen LogP contribution in [0, 0.1) is 6.92 Å². The van der Waals surface area contributed by atoms with E-state index in [2.05, 4.69) is 4.98 Å². The van der Waals surface area contributed by atoms with Gasteiger partial charge in [-0.1, -0.05) is 17.4 Å². The van der Waals surface area contributed by atoms with E-state index in [9.17, 15) is 9.90 Å². The zero-order chi connectivity index (χ0) is 15.6. The van der Waals surface area contributed by atoms with Gasteiger partial charge in [0.05, 0.1) is 12.8 Å². The third kappa shape index (κ3) is 3.25. The van der Waals surface area contributed by atoms with Crippen LogP contribution in [0.2, 0.25) is 0 Å². The molecule has 1 heterocycles. The third-order valence-corrected chi connectivity index (χ3v) is 3.99. The number of hydrogen-bond donors (Lipinski definition) is 2. The molecule has 1 aromatic heterocycles. The normalized spacial score (nSPS) is 10.4. The number of phenols is 1. The number of aryl methyl sites for hydroxylation is 1. The van der Waals surface area contributed by atoms with Gasteiger partial charge < -0.3 is 20.5 Å². The Morgan fingerprint density at radius 2 is 2.24 bits per heavy atom. The second kappa shape index (κ2) is 6.01. The van der Waals surface area contributed by atoms with Crippen molar-refractivity contribution < 1.29 is 14.6 Å². The van der Waals surface area contributed by atoms with E-state index in [1.807, 2.05) is 0 Å². The van der Waals surface area contributed by atoms with Crippen LogP contribution in [-0.2, 0) is 6.54 Å². The molecule has 1 aromatic carbocycles. The predicted molar refractivity (Wildman–Crippen MR) is 81.7 cm³/mol. The summed E-state index contributed by atoms with van der Waals surface area (Å²) >= 11 is 1.18. The van der Waals surface area contributed by atoms with Crippen molar-refractivity contribution in [2.45, 2.75) is 13.5 Å². The van der Waals surface area contributed by atoms with Gasteiger partial charge >= 0.3 is 0 Å². The summed E-state index contributed by atoms with van der Waals surface area (Å²) in [6.07, 6.45) is 0. The van der Waals surface area contributed by atoms with Gasteiger partial charge in [-0.05, 0) is 24.6 Å². The van der Waals surface area contributed by atoms with Gasteiger partial charge in [0, 0.05) is 13.6 Å². The number of carbonyl (C=O) groups excluding carboxylic acids is 1. The standard InChI is InChI=1S/C14H17N3O3S/c1-8-12(21-14(15)16-8)13(19)17(2)7-9-4-5-10(18)11(6-9)20-3/h4-6,18H,7H2,1-3H3,(H2,15,16). The SMILES string of the molecule is COc1cc(CN(C)C(=O)c2sc(N)nc2C)ccc1O. The molecule has 0 aliphatic heterocycles. The topological polar surface area (TPSA) is 88.7 Å². The number of methoxy groups -OCH3 is 1. The summed E-state index contributed by atoms with van der Waals surface area (Å²) in [5.41, 5.74) is 7.11. The van der Waals surface area contributed by atoms with Crippen molar-refractivity contribution in [3.63, 3.8) is 0 Å². The summed E-state index contributed by atoms with van der Waals surface area (Å²) in [5, 5.41) is 9.95. The summed E-state index contributed by atoms with van der Waals surface area (Å²) in [5.74, 6) is 0.321. The summed E-state index contributed by atoms with van der Waals surface area (Å²) in [6.45, 7) is 2.16. The van der Waals surface area contributed by atoms with Crippen LogP contribution in [0.4, 0.5) is 5.13 Å². The Balaban J connectivity index is 2.16. The number of anilines is 1.